The first kappa shape index (κ1) is 46.9. The molecule has 9 rings (SSSR count). The van der Waals surface area contributed by atoms with Gasteiger partial charge in [0.15, 0.2) is 0 Å². The number of alkyl carbamates (subject to hydrolysis) is 2. The number of carbonyl (C=O) groups excluding carboxylic acids is 4. The van der Waals surface area contributed by atoms with Crippen LogP contribution in [0.15, 0.2) is 54.6 Å². The van der Waals surface area contributed by atoms with Crippen molar-refractivity contribution in [1.82, 2.24) is 40.4 Å². The highest BCUT2D eigenvalue weighted by atomic mass is 19.1. The van der Waals surface area contributed by atoms with E-state index in [1.54, 1.807) is 6.07 Å². The number of ether oxygens (including phenoxy) is 2. The zero-order valence-corrected chi connectivity index (χ0v) is 40.1. The number of benzene rings is 3. The molecule has 0 radical (unpaired) electrons. The third kappa shape index (κ3) is 9.22. The van der Waals surface area contributed by atoms with E-state index in [2.05, 4.69) is 61.9 Å². The Bertz CT molecular complexity index is 2510. The Morgan fingerprint density at radius 3 is 1.72 bits per heavy atom. The van der Waals surface area contributed by atoms with Gasteiger partial charge in [-0.15, -0.1) is 0 Å². The number of fused-ring (bicyclic) bond motifs is 2. The van der Waals surface area contributed by atoms with Crippen LogP contribution in [0.2, 0.25) is 0 Å². The number of imidazole rings is 2. The molecule has 4 N–H and O–H groups in total. The number of methoxy groups -OCH3 is 2. The SMILES string of the molecule is COC(=O)N[C@H](C(=O)N1CCCC1c1nc2cc([C@H]3CC[C@H](c4ccc5nc([C@@H]6CCCN6C(=O)[C@@H](NC(=O)OC)C(C)C)[nH]c5c4)N3c3ccc(C4CCCCC4)c(F)c3)ccc2[nH]1)C(C)C. The van der Waals surface area contributed by atoms with E-state index in [0.29, 0.717) is 24.7 Å². The zero-order valence-electron chi connectivity index (χ0n) is 40.1. The summed E-state index contributed by atoms with van der Waals surface area (Å²) in [6.45, 7) is 8.74. The van der Waals surface area contributed by atoms with E-state index in [1.807, 2.05) is 49.6 Å². The maximum Gasteiger partial charge on any atom is 0.407 e. The maximum absolute atomic E-state index is 16.4. The molecule has 16 heteroatoms. The molecule has 3 aromatic carbocycles. The topological polar surface area (TPSA) is 178 Å². The van der Waals surface area contributed by atoms with Crippen molar-refractivity contribution in [1.29, 1.82) is 0 Å². The van der Waals surface area contributed by atoms with Crippen molar-refractivity contribution in [3.63, 3.8) is 0 Å². The Hall–Kier alpha value is -6.19. The van der Waals surface area contributed by atoms with E-state index in [1.165, 1.54) is 20.6 Å². The summed E-state index contributed by atoms with van der Waals surface area (Å²) in [6, 6.07) is 16.3. The van der Waals surface area contributed by atoms with Crippen molar-refractivity contribution in [3.8, 4) is 0 Å². The van der Waals surface area contributed by atoms with Gasteiger partial charge in [0.2, 0.25) is 11.8 Å². The maximum atomic E-state index is 16.4. The number of aromatic amines is 2. The monoisotopic (exact) mass is 932 g/mol. The summed E-state index contributed by atoms with van der Waals surface area (Å²) in [5.74, 6) is 0.887. The minimum atomic E-state index is -0.730. The molecule has 4 fully saturated rings. The second-order valence-electron chi connectivity index (χ2n) is 19.9. The molecule has 6 atom stereocenters. The number of hydrogen-bond acceptors (Lipinski definition) is 9. The number of likely N-dealkylation sites (tertiary alicyclic amines) is 2. The average Bonchev–Trinajstić information content (AvgIpc) is 4.20. The number of H-pyrrole nitrogens is 2. The summed E-state index contributed by atoms with van der Waals surface area (Å²) in [4.78, 5) is 75.4. The number of anilines is 1. The first-order chi connectivity index (χ1) is 32.8. The number of aromatic nitrogens is 4. The lowest BCUT2D eigenvalue weighted by molar-refractivity contribution is -0.136. The number of nitrogens with zero attached hydrogens (tertiary/aromatic N) is 5. The van der Waals surface area contributed by atoms with Crippen molar-refractivity contribution >= 4 is 51.8 Å². The Morgan fingerprint density at radius 2 is 1.16 bits per heavy atom. The quantitative estimate of drug-likeness (QED) is 0.0948. The van der Waals surface area contributed by atoms with Gasteiger partial charge in [-0.05, 0) is 122 Å². The minimum absolute atomic E-state index is 0.0900. The molecule has 3 aliphatic heterocycles. The molecule has 0 bridgehead atoms. The second kappa shape index (κ2) is 19.8. The minimum Gasteiger partial charge on any atom is -0.453 e. The summed E-state index contributed by atoms with van der Waals surface area (Å²) in [5, 5.41) is 5.46. The first-order valence-electron chi connectivity index (χ1n) is 24.7. The molecule has 5 aromatic rings. The summed E-state index contributed by atoms with van der Waals surface area (Å²) in [7, 11) is 2.58. The van der Waals surface area contributed by atoms with Gasteiger partial charge in [-0.25, -0.2) is 23.9 Å². The lowest BCUT2D eigenvalue weighted by atomic mass is 9.84. The normalized spacial score (nSPS) is 22.1. The molecule has 1 unspecified atom stereocenters. The molecule has 3 saturated heterocycles. The number of hydrogen-bond donors (Lipinski definition) is 4. The van der Waals surface area contributed by atoms with Crippen LogP contribution in [0.3, 0.4) is 0 Å². The van der Waals surface area contributed by atoms with Gasteiger partial charge in [0.1, 0.15) is 29.5 Å². The van der Waals surface area contributed by atoms with Crippen LogP contribution in [0.4, 0.5) is 19.7 Å². The smallest absolute Gasteiger partial charge is 0.407 e. The molecule has 68 heavy (non-hydrogen) atoms. The van der Waals surface area contributed by atoms with Gasteiger partial charge in [0.05, 0.1) is 60.5 Å². The predicted molar refractivity (Wildman–Crippen MR) is 257 cm³/mol. The Labute approximate surface area is 397 Å². The van der Waals surface area contributed by atoms with Crippen LogP contribution in [0.25, 0.3) is 22.1 Å². The fourth-order valence-corrected chi connectivity index (χ4v) is 11.5. The molecule has 15 nitrogen and oxygen atoms in total. The summed E-state index contributed by atoms with van der Waals surface area (Å²) in [5.41, 5.74) is 7.07. The third-order valence-corrected chi connectivity index (χ3v) is 15.0. The van der Waals surface area contributed by atoms with Crippen LogP contribution in [0.5, 0.6) is 0 Å². The van der Waals surface area contributed by atoms with Crippen molar-refractivity contribution in [2.24, 2.45) is 11.8 Å². The highest BCUT2D eigenvalue weighted by Gasteiger charge is 2.41. The number of nitrogens with one attached hydrogen (secondary N) is 4. The number of rotatable bonds is 12. The standard InChI is InChI=1S/C52H66FN9O6/c1-29(2)45(58-51(65)67-5)49(63)60-24-10-14-43(60)47-54-37-20-16-32(26-39(37)56-47)41-22-23-42(62(41)34-18-19-35(36(53)28-34)31-12-8-7-9-13-31)33-17-21-38-40(27-33)57-48(55-38)44-15-11-25-61(44)50(64)46(30(3)4)59-52(66)68-6/h16-21,26-31,41-46H,7-15,22-25H2,1-6H3,(H,54,56)(H,55,57)(H,58,65)(H,59,66)/t41-,42-,43+,44?,45+,46+/m1/s1. The molecule has 2 aromatic heterocycles. The number of halogens is 1. The average molecular weight is 932 g/mol. The van der Waals surface area contributed by atoms with Gasteiger partial charge >= 0.3 is 12.2 Å². The fraction of sp³-hybridized carbons (Fsp3) is 0.538. The van der Waals surface area contributed by atoms with Gasteiger partial charge in [-0.2, -0.15) is 0 Å². The molecule has 4 aliphatic rings. The van der Waals surface area contributed by atoms with Crippen LogP contribution in [0.1, 0.15) is 157 Å². The molecular weight excluding hydrogens is 866 g/mol. The highest BCUT2D eigenvalue weighted by Crippen LogP contribution is 2.49. The van der Waals surface area contributed by atoms with Gasteiger partial charge < -0.3 is 44.8 Å². The molecule has 1 saturated carbocycles. The van der Waals surface area contributed by atoms with E-state index in [-0.39, 0.29) is 59.6 Å². The Balaban J connectivity index is 1.02. The van der Waals surface area contributed by atoms with Crippen molar-refractivity contribution in [2.45, 2.75) is 140 Å². The Kier molecular flexibility index (Phi) is 13.7. The molecule has 1 aliphatic carbocycles. The van der Waals surface area contributed by atoms with E-state index < -0.39 is 24.3 Å². The van der Waals surface area contributed by atoms with Gasteiger partial charge in [0, 0.05) is 18.8 Å². The second-order valence-corrected chi connectivity index (χ2v) is 19.9. The molecule has 362 valence electrons. The Morgan fingerprint density at radius 1 is 0.618 bits per heavy atom. The number of carbonyl (C=O) groups is 4. The highest BCUT2D eigenvalue weighted by molar-refractivity contribution is 5.87. The lowest BCUT2D eigenvalue weighted by Crippen LogP contribution is -2.51. The van der Waals surface area contributed by atoms with E-state index in [9.17, 15) is 19.2 Å². The van der Waals surface area contributed by atoms with E-state index in [0.717, 1.165) is 109 Å². The van der Waals surface area contributed by atoms with Crippen LogP contribution in [-0.4, -0.2) is 93.1 Å². The van der Waals surface area contributed by atoms with Crippen LogP contribution >= 0.6 is 0 Å². The first-order valence-corrected chi connectivity index (χ1v) is 24.7. The molecule has 0 spiro atoms. The van der Waals surface area contributed by atoms with Crippen LogP contribution < -0.4 is 15.5 Å². The lowest BCUT2D eigenvalue weighted by Gasteiger charge is -2.34. The van der Waals surface area contributed by atoms with Crippen LogP contribution in [-0.2, 0) is 19.1 Å². The molecule has 5 heterocycles. The third-order valence-electron chi connectivity index (χ3n) is 15.0. The predicted octanol–water partition coefficient (Wildman–Crippen LogP) is 9.80. The van der Waals surface area contributed by atoms with Gasteiger partial charge in [0.25, 0.3) is 0 Å². The molecular formula is C52H66FN9O6. The fourth-order valence-electron chi connectivity index (χ4n) is 11.5. The zero-order chi connectivity index (χ0) is 47.8. The van der Waals surface area contributed by atoms with E-state index >= 15 is 4.39 Å². The largest absolute Gasteiger partial charge is 0.453 e. The molecule has 4 amide bonds. The number of amides is 4. The summed E-state index contributed by atoms with van der Waals surface area (Å²) in [6.07, 6.45) is 8.93. The van der Waals surface area contributed by atoms with Crippen molar-refractivity contribution in [2.75, 3.05) is 32.2 Å². The van der Waals surface area contributed by atoms with Gasteiger partial charge in [-0.3, -0.25) is 9.59 Å². The summed E-state index contributed by atoms with van der Waals surface area (Å²) < 4.78 is 26.1. The van der Waals surface area contributed by atoms with E-state index in [4.69, 9.17) is 19.4 Å². The summed E-state index contributed by atoms with van der Waals surface area (Å²) >= 11 is 0. The van der Waals surface area contributed by atoms with Crippen molar-refractivity contribution < 1.29 is 33.0 Å². The van der Waals surface area contributed by atoms with Gasteiger partial charge in [-0.1, -0.05) is 65.2 Å². The van der Waals surface area contributed by atoms with Crippen molar-refractivity contribution in [3.05, 3.63) is 88.8 Å². The van der Waals surface area contributed by atoms with Crippen LogP contribution in [0, 0.1) is 17.7 Å².